The van der Waals surface area contributed by atoms with Crippen LogP contribution in [0.5, 0.6) is 5.75 Å². The number of aryl methyl sites for hydroxylation is 1. The molecule has 0 spiro atoms. The van der Waals surface area contributed by atoms with Crippen molar-refractivity contribution in [2.45, 2.75) is 24.8 Å². The summed E-state index contributed by atoms with van der Waals surface area (Å²) >= 11 is 0. The second kappa shape index (κ2) is 9.22. The highest BCUT2D eigenvalue weighted by Gasteiger charge is 2.22. The Morgan fingerprint density at radius 3 is 2.32 bits per heavy atom. The van der Waals surface area contributed by atoms with Gasteiger partial charge in [-0.25, -0.2) is 8.42 Å². The monoisotopic (exact) mass is 438 g/mol. The molecule has 0 bridgehead atoms. The maximum absolute atomic E-state index is 13.0. The lowest BCUT2D eigenvalue weighted by Gasteiger charge is -2.21. The first kappa shape index (κ1) is 22.4. The van der Waals surface area contributed by atoms with Gasteiger partial charge in [0.2, 0.25) is 0 Å². The second-order valence-electron chi connectivity index (χ2n) is 7.25. The Kier molecular flexibility index (Phi) is 6.65. The summed E-state index contributed by atoms with van der Waals surface area (Å²) < 4.78 is 32.2. The van der Waals surface area contributed by atoms with Gasteiger partial charge >= 0.3 is 0 Å². The summed E-state index contributed by atoms with van der Waals surface area (Å²) in [6.45, 7) is 3.92. The van der Waals surface area contributed by atoms with E-state index in [1.165, 1.54) is 26.3 Å². The Morgan fingerprint density at radius 2 is 1.68 bits per heavy atom. The van der Waals surface area contributed by atoms with Gasteiger partial charge in [0.25, 0.3) is 15.9 Å². The zero-order valence-corrected chi connectivity index (χ0v) is 18.8. The van der Waals surface area contributed by atoms with Crippen molar-refractivity contribution < 1.29 is 17.9 Å². The van der Waals surface area contributed by atoms with E-state index in [4.69, 9.17) is 4.74 Å². The average molecular weight is 439 g/mol. The molecule has 0 aromatic heterocycles. The van der Waals surface area contributed by atoms with E-state index in [0.29, 0.717) is 17.0 Å². The van der Waals surface area contributed by atoms with Crippen LogP contribution in [0.25, 0.3) is 0 Å². The van der Waals surface area contributed by atoms with Crippen LogP contribution >= 0.6 is 0 Å². The number of anilines is 1. The molecule has 0 radical (unpaired) electrons. The molecule has 0 saturated carbocycles. The van der Waals surface area contributed by atoms with E-state index < -0.39 is 10.0 Å². The number of ether oxygens (including phenoxy) is 1. The fourth-order valence-electron chi connectivity index (χ4n) is 3.32. The number of hydrogen-bond donors (Lipinski definition) is 1. The van der Waals surface area contributed by atoms with Crippen molar-refractivity contribution >= 4 is 21.6 Å². The highest BCUT2D eigenvalue weighted by molar-refractivity contribution is 7.92. The Hall–Kier alpha value is -3.32. The van der Waals surface area contributed by atoms with Gasteiger partial charge in [0.1, 0.15) is 5.75 Å². The number of amides is 1. The third-order valence-corrected chi connectivity index (χ3v) is 6.99. The summed E-state index contributed by atoms with van der Waals surface area (Å²) in [5, 5.41) is 2.98. The fraction of sp³-hybridized carbons (Fsp3) is 0.208. The summed E-state index contributed by atoms with van der Waals surface area (Å²) in [6.07, 6.45) is 0. The lowest BCUT2D eigenvalue weighted by Crippen LogP contribution is -2.29. The lowest BCUT2D eigenvalue weighted by atomic mass is 10.0. The van der Waals surface area contributed by atoms with Crippen molar-refractivity contribution in [3.63, 3.8) is 0 Å². The van der Waals surface area contributed by atoms with Crippen molar-refractivity contribution in [3.8, 4) is 5.75 Å². The fourth-order valence-corrected chi connectivity index (χ4v) is 4.51. The van der Waals surface area contributed by atoms with Gasteiger partial charge in [0.05, 0.1) is 23.7 Å². The van der Waals surface area contributed by atoms with Crippen molar-refractivity contribution in [1.82, 2.24) is 5.32 Å². The van der Waals surface area contributed by atoms with E-state index in [1.807, 2.05) is 38.1 Å². The second-order valence-corrected chi connectivity index (χ2v) is 9.22. The average Bonchev–Trinajstić information content (AvgIpc) is 2.78. The van der Waals surface area contributed by atoms with Crippen molar-refractivity contribution in [1.29, 1.82) is 0 Å². The zero-order chi connectivity index (χ0) is 22.6. The minimum atomic E-state index is -3.79. The minimum absolute atomic E-state index is 0.138. The highest BCUT2D eigenvalue weighted by atomic mass is 32.2. The predicted molar refractivity (Wildman–Crippen MR) is 122 cm³/mol. The first-order chi connectivity index (χ1) is 14.7. The van der Waals surface area contributed by atoms with Gasteiger partial charge in [-0.1, -0.05) is 30.3 Å². The SMILES string of the molecule is COc1ccc(S(=O)(=O)N(C)c2cccc(C(=O)NC(C)c3ccccc3C)c2)cc1. The smallest absolute Gasteiger partial charge is 0.264 e. The van der Waals surface area contributed by atoms with Crippen LogP contribution in [0.15, 0.2) is 77.7 Å². The summed E-state index contributed by atoms with van der Waals surface area (Å²) in [4.78, 5) is 12.9. The van der Waals surface area contributed by atoms with Gasteiger partial charge < -0.3 is 10.1 Å². The number of carbonyl (C=O) groups excluding carboxylic acids is 1. The molecule has 3 rings (SSSR count). The largest absolute Gasteiger partial charge is 0.497 e. The van der Waals surface area contributed by atoms with Crippen LogP contribution in [0.3, 0.4) is 0 Å². The van der Waals surface area contributed by atoms with Crippen LogP contribution in [0.1, 0.15) is 34.5 Å². The maximum Gasteiger partial charge on any atom is 0.264 e. The van der Waals surface area contributed by atoms with Crippen LogP contribution < -0.4 is 14.4 Å². The van der Waals surface area contributed by atoms with Gasteiger partial charge in [0, 0.05) is 12.6 Å². The molecule has 0 aliphatic rings. The molecule has 1 atom stereocenters. The molecular formula is C24H26N2O4S. The third kappa shape index (κ3) is 4.88. The van der Waals surface area contributed by atoms with E-state index in [2.05, 4.69) is 5.32 Å². The molecule has 0 fully saturated rings. The third-order valence-electron chi connectivity index (χ3n) is 5.19. The van der Waals surface area contributed by atoms with Crippen LogP contribution in [0.4, 0.5) is 5.69 Å². The van der Waals surface area contributed by atoms with Crippen LogP contribution in [0, 0.1) is 6.92 Å². The first-order valence-corrected chi connectivity index (χ1v) is 11.3. The van der Waals surface area contributed by atoms with Crippen molar-refractivity contribution in [3.05, 3.63) is 89.5 Å². The van der Waals surface area contributed by atoms with Gasteiger partial charge in [-0.2, -0.15) is 0 Å². The first-order valence-electron chi connectivity index (χ1n) is 9.83. The molecule has 3 aromatic carbocycles. The highest BCUT2D eigenvalue weighted by Crippen LogP contribution is 2.25. The Bertz CT molecular complexity index is 1170. The molecule has 31 heavy (non-hydrogen) atoms. The van der Waals surface area contributed by atoms with Crippen LogP contribution in [-0.2, 0) is 10.0 Å². The van der Waals surface area contributed by atoms with Crippen LogP contribution in [-0.4, -0.2) is 28.5 Å². The molecule has 0 heterocycles. The molecule has 1 N–H and O–H groups in total. The number of hydrogen-bond acceptors (Lipinski definition) is 4. The molecule has 0 saturated heterocycles. The van der Waals surface area contributed by atoms with Crippen molar-refractivity contribution in [2.75, 3.05) is 18.5 Å². The summed E-state index contributed by atoms with van der Waals surface area (Å²) in [7, 11) is -0.800. The van der Waals surface area contributed by atoms with Gasteiger partial charge in [0.15, 0.2) is 0 Å². The summed E-state index contributed by atoms with van der Waals surface area (Å²) in [6, 6.07) is 20.4. The van der Waals surface area contributed by atoms with Crippen LogP contribution in [0.2, 0.25) is 0 Å². The number of benzene rings is 3. The van der Waals surface area contributed by atoms with E-state index in [0.717, 1.165) is 15.4 Å². The summed E-state index contributed by atoms with van der Waals surface area (Å²) in [5.74, 6) is 0.302. The summed E-state index contributed by atoms with van der Waals surface area (Å²) in [5.41, 5.74) is 2.90. The molecule has 162 valence electrons. The zero-order valence-electron chi connectivity index (χ0n) is 18.0. The van der Waals surface area contributed by atoms with Crippen molar-refractivity contribution in [2.24, 2.45) is 0 Å². The molecule has 7 heteroatoms. The number of rotatable bonds is 7. The molecule has 1 amide bonds. The van der Waals surface area contributed by atoms with E-state index in [9.17, 15) is 13.2 Å². The minimum Gasteiger partial charge on any atom is -0.497 e. The Labute approximate surface area is 183 Å². The molecule has 6 nitrogen and oxygen atoms in total. The predicted octanol–water partition coefficient (Wildman–Crippen LogP) is 4.32. The van der Waals surface area contributed by atoms with Gasteiger partial charge in [-0.3, -0.25) is 9.10 Å². The van der Waals surface area contributed by atoms with E-state index in [1.54, 1.807) is 36.4 Å². The number of methoxy groups -OCH3 is 1. The standard InChI is InChI=1S/C24H26N2O4S/c1-17-8-5-6-11-23(17)18(2)25-24(27)19-9-7-10-20(16-19)26(3)31(28,29)22-14-12-21(30-4)13-15-22/h5-16,18H,1-4H3,(H,25,27). The lowest BCUT2D eigenvalue weighted by molar-refractivity contribution is 0.0940. The topological polar surface area (TPSA) is 75.7 Å². The molecular weight excluding hydrogens is 412 g/mol. The molecule has 1 unspecified atom stereocenters. The number of carbonyl (C=O) groups is 1. The van der Waals surface area contributed by atoms with E-state index in [-0.39, 0.29) is 16.8 Å². The maximum atomic E-state index is 13.0. The molecule has 0 aliphatic heterocycles. The number of nitrogens with one attached hydrogen (secondary N) is 1. The number of nitrogens with zero attached hydrogens (tertiary/aromatic N) is 1. The quantitative estimate of drug-likeness (QED) is 0.596. The normalized spacial score (nSPS) is 12.1. The number of sulfonamides is 1. The molecule has 3 aromatic rings. The Balaban J connectivity index is 1.81. The van der Waals surface area contributed by atoms with Gasteiger partial charge in [-0.05, 0) is 67.4 Å². The van der Waals surface area contributed by atoms with Gasteiger partial charge in [-0.15, -0.1) is 0 Å². The molecule has 0 aliphatic carbocycles. The Morgan fingerprint density at radius 1 is 1.00 bits per heavy atom. The van der Waals surface area contributed by atoms with E-state index >= 15 is 0 Å².